The van der Waals surface area contributed by atoms with Gasteiger partial charge in [-0.3, -0.25) is 4.98 Å². The predicted octanol–water partition coefficient (Wildman–Crippen LogP) is 0.917. The van der Waals surface area contributed by atoms with E-state index < -0.39 is 15.8 Å². The normalized spacial score (nSPS) is 11.7. The van der Waals surface area contributed by atoms with Gasteiger partial charge in [-0.05, 0) is 18.2 Å². The van der Waals surface area contributed by atoms with Gasteiger partial charge in [0.25, 0.3) is 0 Å². The van der Waals surface area contributed by atoms with Crippen LogP contribution in [0.25, 0.3) is 10.9 Å². The number of nitrogens with one attached hydrogen (secondary N) is 2. The van der Waals surface area contributed by atoms with E-state index in [2.05, 4.69) is 15.0 Å². The van der Waals surface area contributed by atoms with Crippen LogP contribution in [0.5, 0.6) is 0 Å². The molecular formula is C12H15FN4O2S. The van der Waals surface area contributed by atoms with Crippen molar-refractivity contribution in [2.75, 3.05) is 30.4 Å². The smallest absolute Gasteiger partial charge is 0.208 e. The van der Waals surface area contributed by atoms with Gasteiger partial charge in [0, 0.05) is 30.4 Å². The van der Waals surface area contributed by atoms with Crippen molar-refractivity contribution in [3.8, 4) is 0 Å². The van der Waals surface area contributed by atoms with Crippen LogP contribution in [0, 0.1) is 5.82 Å². The Labute approximate surface area is 116 Å². The monoisotopic (exact) mass is 298 g/mol. The number of anilines is 2. The van der Waals surface area contributed by atoms with Gasteiger partial charge in [0.15, 0.2) is 5.82 Å². The quantitative estimate of drug-likeness (QED) is 0.563. The van der Waals surface area contributed by atoms with Crippen molar-refractivity contribution in [3.05, 3.63) is 30.2 Å². The lowest BCUT2D eigenvalue weighted by Crippen LogP contribution is -2.27. The zero-order valence-electron chi connectivity index (χ0n) is 10.9. The summed E-state index contributed by atoms with van der Waals surface area (Å²) >= 11 is 0. The van der Waals surface area contributed by atoms with Crippen LogP contribution in [0.3, 0.4) is 0 Å². The fourth-order valence-electron chi connectivity index (χ4n) is 1.83. The van der Waals surface area contributed by atoms with Crippen molar-refractivity contribution in [2.24, 2.45) is 0 Å². The van der Waals surface area contributed by atoms with E-state index in [4.69, 9.17) is 5.73 Å². The van der Waals surface area contributed by atoms with Crippen molar-refractivity contribution >= 4 is 32.3 Å². The standard InChI is InChI=1S/C12H15FN4O2S/c1-20(18,19)17-6-5-16-12-9(13)7-10(14)8-3-2-4-15-11(8)12/h2-4,7,16-17H,5-6,14H2,1H3. The minimum absolute atomic E-state index is 0.150. The molecule has 0 amide bonds. The van der Waals surface area contributed by atoms with Crippen molar-refractivity contribution in [1.29, 1.82) is 0 Å². The van der Waals surface area contributed by atoms with Gasteiger partial charge in [-0.2, -0.15) is 0 Å². The first-order valence-corrected chi connectivity index (χ1v) is 7.79. The zero-order valence-corrected chi connectivity index (χ0v) is 11.7. The third-order valence-electron chi connectivity index (χ3n) is 2.67. The Balaban J connectivity index is 2.22. The summed E-state index contributed by atoms with van der Waals surface area (Å²) in [5, 5.41) is 3.48. The topological polar surface area (TPSA) is 97.1 Å². The Morgan fingerprint density at radius 2 is 2.15 bits per heavy atom. The van der Waals surface area contributed by atoms with E-state index in [1.807, 2.05) is 0 Å². The molecule has 0 aliphatic carbocycles. The van der Waals surface area contributed by atoms with E-state index >= 15 is 0 Å². The van der Waals surface area contributed by atoms with Crippen LogP contribution in [-0.4, -0.2) is 32.7 Å². The van der Waals surface area contributed by atoms with Gasteiger partial charge in [-0.25, -0.2) is 17.5 Å². The highest BCUT2D eigenvalue weighted by atomic mass is 32.2. The lowest BCUT2D eigenvalue weighted by atomic mass is 10.1. The number of pyridine rings is 1. The van der Waals surface area contributed by atoms with E-state index in [-0.39, 0.29) is 18.8 Å². The zero-order chi connectivity index (χ0) is 14.8. The number of rotatable bonds is 5. The fourth-order valence-corrected chi connectivity index (χ4v) is 2.30. The number of nitrogens with two attached hydrogens (primary N) is 1. The number of hydrogen-bond donors (Lipinski definition) is 3. The number of nitrogen functional groups attached to an aromatic ring is 1. The maximum absolute atomic E-state index is 13.9. The van der Waals surface area contributed by atoms with Crippen molar-refractivity contribution in [3.63, 3.8) is 0 Å². The van der Waals surface area contributed by atoms with Gasteiger partial charge < -0.3 is 11.1 Å². The molecule has 6 nitrogen and oxygen atoms in total. The summed E-state index contributed by atoms with van der Waals surface area (Å²) in [7, 11) is -3.26. The largest absolute Gasteiger partial charge is 0.398 e. The highest BCUT2D eigenvalue weighted by molar-refractivity contribution is 7.88. The molecule has 0 unspecified atom stereocenters. The molecule has 0 saturated carbocycles. The SMILES string of the molecule is CS(=O)(=O)NCCNc1c(F)cc(N)c2cccnc12. The maximum atomic E-state index is 13.9. The molecule has 0 aliphatic rings. The number of nitrogens with zero attached hydrogens (tertiary/aromatic N) is 1. The molecule has 0 fully saturated rings. The Hall–Kier alpha value is -1.93. The number of sulfonamides is 1. The first-order valence-electron chi connectivity index (χ1n) is 5.89. The molecule has 1 heterocycles. The first-order chi connectivity index (χ1) is 9.38. The Morgan fingerprint density at radius 3 is 2.85 bits per heavy atom. The molecule has 2 aromatic rings. The third kappa shape index (κ3) is 3.34. The summed E-state index contributed by atoms with van der Waals surface area (Å²) in [6, 6.07) is 4.68. The van der Waals surface area contributed by atoms with Gasteiger partial charge in [-0.15, -0.1) is 0 Å². The summed E-state index contributed by atoms with van der Waals surface area (Å²) < 4.78 is 38.1. The molecule has 108 valence electrons. The van der Waals surface area contributed by atoms with Gasteiger partial charge in [0.05, 0.1) is 17.5 Å². The minimum Gasteiger partial charge on any atom is -0.398 e. The Bertz CT molecular complexity index is 734. The highest BCUT2D eigenvalue weighted by Crippen LogP contribution is 2.29. The average molecular weight is 298 g/mol. The van der Waals surface area contributed by atoms with E-state index in [1.54, 1.807) is 18.3 Å². The van der Waals surface area contributed by atoms with Crippen molar-refractivity contribution < 1.29 is 12.8 Å². The number of fused-ring (bicyclic) bond motifs is 1. The van der Waals surface area contributed by atoms with Crippen LogP contribution in [0.4, 0.5) is 15.8 Å². The molecule has 0 spiro atoms. The first kappa shape index (κ1) is 14.5. The minimum atomic E-state index is -3.26. The maximum Gasteiger partial charge on any atom is 0.208 e. The van der Waals surface area contributed by atoms with E-state index in [9.17, 15) is 12.8 Å². The summed E-state index contributed by atoms with van der Waals surface area (Å²) in [5.74, 6) is -0.520. The van der Waals surface area contributed by atoms with E-state index in [0.29, 0.717) is 16.6 Å². The molecular weight excluding hydrogens is 283 g/mol. The fraction of sp³-hybridized carbons (Fsp3) is 0.250. The molecule has 0 bridgehead atoms. The van der Waals surface area contributed by atoms with E-state index in [1.165, 1.54) is 6.07 Å². The van der Waals surface area contributed by atoms with Crippen LogP contribution in [0.2, 0.25) is 0 Å². The highest BCUT2D eigenvalue weighted by Gasteiger charge is 2.11. The molecule has 0 aliphatic heterocycles. The molecule has 2 rings (SSSR count). The molecule has 0 radical (unpaired) electrons. The second-order valence-electron chi connectivity index (χ2n) is 4.32. The average Bonchev–Trinajstić information content (AvgIpc) is 2.36. The molecule has 1 aromatic heterocycles. The molecule has 4 N–H and O–H groups in total. The number of hydrogen-bond acceptors (Lipinski definition) is 5. The summed E-state index contributed by atoms with van der Waals surface area (Å²) in [6.07, 6.45) is 2.61. The van der Waals surface area contributed by atoms with Crippen LogP contribution in [0.15, 0.2) is 24.4 Å². The molecule has 0 atom stereocenters. The summed E-state index contributed by atoms with van der Waals surface area (Å²) in [6.45, 7) is 0.385. The Kier molecular flexibility index (Phi) is 4.05. The number of benzene rings is 1. The van der Waals surface area contributed by atoms with Gasteiger partial charge in [-0.1, -0.05) is 0 Å². The predicted molar refractivity (Wildman–Crippen MR) is 77.4 cm³/mol. The van der Waals surface area contributed by atoms with Gasteiger partial charge in [0.2, 0.25) is 10.0 Å². The second-order valence-corrected chi connectivity index (χ2v) is 6.15. The number of aromatic nitrogens is 1. The van der Waals surface area contributed by atoms with Crippen LogP contribution >= 0.6 is 0 Å². The summed E-state index contributed by atoms with van der Waals surface area (Å²) in [4.78, 5) is 4.11. The van der Waals surface area contributed by atoms with Crippen LogP contribution in [-0.2, 0) is 10.0 Å². The second kappa shape index (κ2) is 5.59. The molecule has 1 aromatic carbocycles. The lowest BCUT2D eigenvalue weighted by Gasteiger charge is -2.12. The van der Waals surface area contributed by atoms with E-state index in [0.717, 1.165) is 6.26 Å². The van der Waals surface area contributed by atoms with Gasteiger partial charge >= 0.3 is 0 Å². The summed E-state index contributed by atoms with van der Waals surface area (Å²) in [5.41, 5.74) is 6.68. The van der Waals surface area contributed by atoms with Crippen molar-refractivity contribution in [1.82, 2.24) is 9.71 Å². The van der Waals surface area contributed by atoms with Crippen molar-refractivity contribution in [2.45, 2.75) is 0 Å². The van der Waals surface area contributed by atoms with Gasteiger partial charge in [0.1, 0.15) is 0 Å². The van der Waals surface area contributed by atoms with Crippen LogP contribution < -0.4 is 15.8 Å². The number of halogens is 1. The Morgan fingerprint density at radius 1 is 1.40 bits per heavy atom. The molecule has 8 heteroatoms. The third-order valence-corrected chi connectivity index (χ3v) is 3.40. The molecule has 20 heavy (non-hydrogen) atoms. The molecule has 0 saturated heterocycles. The van der Waals surface area contributed by atoms with Crippen LogP contribution in [0.1, 0.15) is 0 Å². The lowest BCUT2D eigenvalue weighted by molar-refractivity contribution is 0.589.